The highest BCUT2D eigenvalue weighted by atomic mass is 16.6. The summed E-state index contributed by atoms with van der Waals surface area (Å²) in [6.45, 7) is 3.82. The maximum atomic E-state index is 11.0. The van der Waals surface area contributed by atoms with E-state index in [1.807, 2.05) is 0 Å². The summed E-state index contributed by atoms with van der Waals surface area (Å²) in [5, 5.41) is 2.55. The summed E-state index contributed by atoms with van der Waals surface area (Å²) < 4.78 is 20.0. The molecule has 7 nitrogen and oxygen atoms in total. The van der Waals surface area contributed by atoms with Crippen LogP contribution in [-0.4, -0.2) is 65.9 Å². The number of amides is 1. The number of nitrogens with one attached hydrogen (secondary N) is 1. The summed E-state index contributed by atoms with van der Waals surface area (Å²) in [5.41, 5.74) is 5.31. The molecule has 0 aliphatic carbocycles. The van der Waals surface area contributed by atoms with Crippen LogP contribution in [0.3, 0.4) is 0 Å². The molecule has 18 heavy (non-hydrogen) atoms. The topological polar surface area (TPSA) is 92.0 Å². The van der Waals surface area contributed by atoms with Crippen molar-refractivity contribution in [2.24, 2.45) is 5.73 Å². The number of alkyl carbamates (subject to hydrolysis) is 1. The fourth-order valence-electron chi connectivity index (χ4n) is 1.00. The molecular formula is C11H24N2O5. The number of carbonyl (C=O) groups is 1. The molecule has 0 spiro atoms. The van der Waals surface area contributed by atoms with Crippen LogP contribution in [0.2, 0.25) is 0 Å². The van der Waals surface area contributed by atoms with E-state index in [-0.39, 0.29) is 6.61 Å². The maximum absolute atomic E-state index is 11.0. The lowest BCUT2D eigenvalue weighted by Gasteiger charge is -2.07. The largest absolute Gasteiger partial charge is 0.447 e. The quantitative estimate of drug-likeness (QED) is 0.472. The molecule has 0 atom stereocenters. The van der Waals surface area contributed by atoms with Crippen molar-refractivity contribution >= 4 is 6.09 Å². The van der Waals surface area contributed by atoms with Gasteiger partial charge in [0.05, 0.1) is 26.4 Å². The Labute approximate surface area is 108 Å². The minimum absolute atomic E-state index is 0.248. The van der Waals surface area contributed by atoms with Crippen molar-refractivity contribution in [2.75, 3.05) is 59.8 Å². The summed E-state index contributed by atoms with van der Waals surface area (Å²) in [5.74, 6) is 0. The number of rotatable bonds is 12. The Morgan fingerprint density at radius 2 is 1.78 bits per heavy atom. The fraction of sp³-hybridized carbons (Fsp3) is 0.909. The molecule has 0 aliphatic heterocycles. The van der Waals surface area contributed by atoms with Gasteiger partial charge in [-0.1, -0.05) is 0 Å². The van der Waals surface area contributed by atoms with Crippen LogP contribution in [0.15, 0.2) is 0 Å². The normalized spacial score (nSPS) is 10.3. The Bertz CT molecular complexity index is 192. The summed E-state index contributed by atoms with van der Waals surface area (Å²) in [6.07, 6.45) is 0.393. The van der Waals surface area contributed by atoms with E-state index in [9.17, 15) is 4.79 Å². The molecule has 3 N–H and O–H groups in total. The zero-order valence-electron chi connectivity index (χ0n) is 11.0. The highest BCUT2D eigenvalue weighted by Crippen LogP contribution is 1.82. The molecule has 0 rings (SSSR count). The molecule has 0 aromatic rings. The summed E-state index contributed by atoms with van der Waals surface area (Å²) in [7, 11) is 1.55. The Balaban J connectivity index is 3.08. The SMILES string of the molecule is COCCOC(=O)NCCOCCOCCCN. The van der Waals surface area contributed by atoms with Gasteiger partial charge in [-0.25, -0.2) is 4.79 Å². The van der Waals surface area contributed by atoms with Crippen molar-refractivity contribution in [3.8, 4) is 0 Å². The third kappa shape index (κ3) is 13.2. The van der Waals surface area contributed by atoms with Crippen LogP contribution in [0.1, 0.15) is 6.42 Å². The van der Waals surface area contributed by atoms with Gasteiger partial charge in [0.1, 0.15) is 6.61 Å². The zero-order chi connectivity index (χ0) is 13.5. The van der Waals surface area contributed by atoms with Crippen LogP contribution in [0, 0.1) is 0 Å². The number of ether oxygens (including phenoxy) is 4. The van der Waals surface area contributed by atoms with Gasteiger partial charge in [-0.05, 0) is 13.0 Å². The van der Waals surface area contributed by atoms with Crippen molar-refractivity contribution in [3.63, 3.8) is 0 Å². The number of hydrogen-bond donors (Lipinski definition) is 2. The summed E-state index contributed by atoms with van der Waals surface area (Å²) >= 11 is 0. The molecule has 0 bridgehead atoms. The van der Waals surface area contributed by atoms with Crippen LogP contribution < -0.4 is 11.1 Å². The average Bonchev–Trinajstić information content (AvgIpc) is 2.37. The second-order valence-electron chi connectivity index (χ2n) is 3.42. The minimum Gasteiger partial charge on any atom is -0.447 e. The van der Waals surface area contributed by atoms with Gasteiger partial charge in [-0.15, -0.1) is 0 Å². The molecule has 0 saturated heterocycles. The number of methoxy groups -OCH3 is 1. The van der Waals surface area contributed by atoms with Gasteiger partial charge in [0.25, 0.3) is 0 Å². The number of hydrogen-bond acceptors (Lipinski definition) is 6. The third-order valence-corrected chi connectivity index (χ3v) is 1.90. The lowest BCUT2D eigenvalue weighted by atomic mass is 10.5. The van der Waals surface area contributed by atoms with Crippen LogP contribution in [0.4, 0.5) is 4.79 Å². The summed E-state index contributed by atoms with van der Waals surface area (Å²) in [4.78, 5) is 11.0. The van der Waals surface area contributed by atoms with Crippen LogP contribution in [0.25, 0.3) is 0 Å². The molecule has 7 heteroatoms. The van der Waals surface area contributed by atoms with Gasteiger partial charge in [0.2, 0.25) is 0 Å². The van der Waals surface area contributed by atoms with Crippen molar-refractivity contribution < 1.29 is 23.7 Å². The van der Waals surface area contributed by atoms with E-state index in [4.69, 9.17) is 24.7 Å². The van der Waals surface area contributed by atoms with Gasteiger partial charge in [0.15, 0.2) is 0 Å². The molecule has 0 saturated carbocycles. The van der Waals surface area contributed by atoms with Crippen molar-refractivity contribution in [3.05, 3.63) is 0 Å². The lowest BCUT2D eigenvalue weighted by molar-refractivity contribution is 0.0474. The fourth-order valence-corrected chi connectivity index (χ4v) is 1.00. The second-order valence-corrected chi connectivity index (χ2v) is 3.42. The average molecular weight is 264 g/mol. The predicted molar refractivity (Wildman–Crippen MR) is 66.5 cm³/mol. The molecule has 0 aromatic carbocycles. The molecule has 0 aromatic heterocycles. The molecule has 0 radical (unpaired) electrons. The van der Waals surface area contributed by atoms with Crippen molar-refractivity contribution in [1.82, 2.24) is 5.32 Å². The highest BCUT2D eigenvalue weighted by molar-refractivity contribution is 5.66. The highest BCUT2D eigenvalue weighted by Gasteiger charge is 1.99. The van der Waals surface area contributed by atoms with Crippen LogP contribution in [0.5, 0.6) is 0 Å². The Kier molecular flexibility index (Phi) is 13.5. The first-order valence-electron chi connectivity index (χ1n) is 6.06. The Hall–Kier alpha value is -0.890. The van der Waals surface area contributed by atoms with Crippen LogP contribution >= 0.6 is 0 Å². The Morgan fingerprint density at radius 1 is 1.06 bits per heavy atom. The number of carbonyl (C=O) groups excluding carboxylic acids is 1. The monoisotopic (exact) mass is 264 g/mol. The van der Waals surface area contributed by atoms with E-state index < -0.39 is 6.09 Å². The van der Waals surface area contributed by atoms with Gasteiger partial charge in [0, 0.05) is 20.3 Å². The first kappa shape index (κ1) is 17.1. The van der Waals surface area contributed by atoms with E-state index >= 15 is 0 Å². The second kappa shape index (κ2) is 14.2. The van der Waals surface area contributed by atoms with Crippen molar-refractivity contribution in [2.45, 2.75) is 6.42 Å². The van der Waals surface area contributed by atoms with E-state index in [2.05, 4.69) is 5.32 Å². The first-order chi connectivity index (χ1) is 8.81. The maximum Gasteiger partial charge on any atom is 0.407 e. The molecule has 0 heterocycles. The van der Waals surface area contributed by atoms with E-state index in [0.29, 0.717) is 46.1 Å². The molecular weight excluding hydrogens is 240 g/mol. The first-order valence-corrected chi connectivity index (χ1v) is 6.06. The van der Waals surface area contributed by atoms with Crippen LogP contribution in [-0.2, 0) is 18.9 Å². The van der Waals surface area contributed by atoms with Gasteiger partial charge >= 0.3 is 6.09 Å². The third-order valence-electron chi connectivity index (χ3n) is 1.90. The molecule has 108 valence electrons. The Morgan fingerprint density at radius 3 is 2.44 bits per heavy atom. The zero-order valence-corrected chi connectivity index (χ0v) is 11.0. The van der Waals surface area contributed by atoms with Gasteiger partial charge < -0.3 is 30.0 Å². The summed E-state index contributed by atoms with van der Waals surface area (Å²) in [6, 6.07) is 0. The van der Waals surface area contributed by atoms with E-state index in [1.54, 1.807) is 7.11 Å². The standard InChI is InChI=1S/C11H24N2O5/c1-15-7-10-18-11(14)13-4-6-17-9-8-16-5-2-3-12/h2-10,12H2,1H3,(H,13,14). The molecule has 0 fully saturated rings. The van der Waals surface area contributed by atoms with Gasteiger partial charge in [-0.2, -0.15) is 0 Å². The smallest absolute Gasteiger partial charge is 0.407 e. The molecule has 1 amide bonds. The number of nitrogens with two attached hydrogens (primary N) is 1. The van der Waals surface area contributed by atoms with E-state index in [0.717, 1.165) is 6.42 Å². The van der Waals surface area contributed by atoms with E-state index in [1.165, 1.54) is 0 Å². The predicted octanol–water partition coefficient (Wildman–Crippen LogP) is -0.259. The van der Waals surface area contributed by atoms with Gasteiger partial charge in [-0.3, -0.25) is 0 Å². The lowest BCUT2D eigenvalue weighted by Crippen LogP contribution is -2.29. The molecule has 0 aliphatic rings. The molecule has 0 unspecified atom stereocenters. The van der Waals surface area contributed by atoms with Crippen molar-refractivity contribution in [1.29, 1.82) is 0 Å². The minimum atomic E-state index is -0.463.